The first-order valence-corrected chi connectivity index (χ1v) is 11.2. The van der Waals surface area contributed by atoms with Gasteiger partial charge >= 0.3 is 0 Å². The molecule has 152 valence electrons. The van der Waals surface area contributed by atoms with Crippen LogP contribution in [0.15, 0.2) is 51.8 Å². The van der Waals surface area contributed by atoms with Crippen LogP contribution in [0, 0.1) is 6.92 Å². The van der Waals surface area contributed by atoms with Crippen LogP contribution in [0.2, 0.25) is 0 Å². The van der Waals surface area contributed by atoms with E-state index < -0.39 is 16.0 Å². The van der Waals surface area contributed by atoms with E-state index in [9.17, 15) is 18.3 Å². The van der Waals surface area contributed by atoms with Crippen molar-refractivity contribution in [3.8, 4) is 0 Å². The summed E-state index contributed by atoms with van der Waals surface area (Å²) >= 11 is 0. The number of aryl methyl sites for hydroxylation is 1. The first-order chi connectivity index (χ1) is 13.8. The predicted molar refractivity (Wildman–Crippen MR) is 108 cm³/mol. The summed E-state index contributed by atoms with van der Waals surface area (Å²) < 4.78 is 33.5. The molecular weight excluding hydrogens is 390 g/mol. The van der Waals surface area contributed by atoms with Gasteiger partial charge in [-0.05, 0) is 61.6 Å². The van der Waals surface area contributed by atoms with Gasteiger partial charge in [-0.15, -0.1) is 0 Å². The highest BCUT2D eigenvalue weighted by Crippen LogP contribution is 2.33. The van der Waals surface area contributed by atoms with Crippen LogP contribution in [0.1, 0.15) is 59.7 Å². The van der Waals surface area contributed by atoms with Crippen molar-refractivity contribution in [3.05, 3.63) is 59.4 Å². The molecule has 1 saturated carbocycles. The Hall–Kier alpha value is -2.80. The number of benzene rings is 2. The van der Waals surface area contributed by atoms with Crippen LogP contribution in [-0.2, 0) is 10.0 Å². The van der Waals surface area contributed by atoms with E-state index in [1.54, 1.807) is 18.2 Å². The second kappa shape index (κ2) is 7.55. The molecule has 0 aliphatic heterocycles. The van der Waals surface area contributed by atoms with E-state index in [1.165, 1.54) is 43.9 Å². The lowest BCUT2D eigenvalue weighted by Gasteiger charge is -2.22. The molecule has 0 atom stereocenters. The van der Waals surface area contributed by atoms with Crippen molar-refractivity contribution in [1.82, 2.24) is 0 Å². The third-order valence-electron chi connectivity index (χ3n) is 5.59. The Morgan fingerprint density at radius 3 is 2.41 bits per heavy atom. The van der Waals surface area contributed by atoms with E-state index in [-0.39, 0.29) is 21.9 Å². The van der Waals surface area contributed by atoms with Crippen molar-refractivity contribution in [2.45, 2.75) is 49.8 Å². The molecule has 0 bridgehead atoms. The Morgan fingerprint density at radius 2 is 1.76 bits per heavy atom. The molecule has 1 aliphatic carbocycles. The van der Waals surface area contributed by atoms with Gasteiger partial charge in [-0.2, -0.15) is 0 Å². The topological polar surface area (TPSA) is 99.4 Å². The summed E-state index contributed by atoms with van der Waals surface area (Å²) in [5.74, 6) is -0.638. The molecule has 6 nitrogen and oxygen atoms in total. The molecule has 0 radical (unpaired) electrons. The molecule has 0 amide bonds. The lowest BCUT2D eigenvalue weighted by Crippen LogP contribution is -2.22. The number of rotatable bonds is 5. The Labute approximate surface area is 169 Å². The van der Waals surface area contributed by atoms with Gasteiger partial charge in [-0.1, -0.05) is 31.4 Å². The molecule has 1 aliphatic rings. The number of hydrogen-bond donors (Lipinski definition) is 1. The van der Waals surface area contributed by atoms with E-state index in [2.05, 4.69) is 4.72 Å². The fourth-order valence-corrected chi connectivity index (χ4v) is 5.16. The lowest BCUT2D eigenvalue weighted by atomic mass is 9.84. The number of carboxylic acid groups (broad SMARTS) is 1. The third kappa shape index (κ3) is 3.87. The van der Waals surface area contributed by atoms with Crippen LogP contribution in [-0.4, -0.2) is 14.4 Å². The van der Waals surface area contributed by atoms with Gasteiger partial charge in [0.25, 0.3) is 10.0 Å². The van der Waals surface area contributed by atoms with Gasteiger partial charge in [0.05, 0.1) is 10.9 Å². The quantitative estimate of drug-likeness (QED) is 0.684. The minimum Gasteiger partial charge on any atom is -0.545 e. The minimum atomic E-state index is -3.80. The smallest absolute Gasteiger partial charge is 0.261 e. The van der Waals surface area contributed by atoms with Gasteiger partial charge in [0, 0.05) is 16.6 Å². The molecule has 7 heteroatoms. The maximum absolute atomic E-state index is 12.8. The highest BCUT2D eigenvalue weighted by atomic mass is 32.2. The van der Waals surface area contributed by atoms with Crippen molar-refractivity contribution >= 4 is 32.6 Å². The minimum absolute atomic E-state index is 0.0714. The van der Waals surface area contributed by atoms with Gasteiger partial charge in [-0.25, -0.2) is 8.42 Å². The van der Waals surface area contributed by atoms with Crippen molar-refractivity contribution < 1.29 is 22.7 Å². The molecule has 2 aromatic carbocycles. The largest absolute Gasteiger partial charge is 0.545 e. The zero-order chi connectivity index (χ0) is 20.6. The van der Waals surface area contributed by atoms with Crippen molar-refractivity contribution in [3.63, 3.8) is 0 Å². The van der Waals surface area contributed by atoms with Crippen LogP contribution in [0.25, 0.3) is 11.0 Å². The molecular formula is C22H22NO5S-. The normalized spacial score (nSPS) is 15.5. The summed E-state index contributed by atoms with van der Waals surface area (Å²) in [6, 6.07) is 11.6. The fraction of sp³-hybridized carbons (Fsp3) is 0.318. The van der Waals surface area contributed by atoms with Gasteiger partial charge < -0.3 is 14.3 Å². The second-order valence-corrected chi connectivity index (χ2v) is 9.22. The highest BCUT2D eigenvalue weighted by Gasteiger charge is 2.19. The van der Waals surface area contributed by atoms with Crippen LogP contribution in [0.4, 0.5) is 5.69 Å². The van der Waals surface area contributed by atoms with E-state index in [4.69, 9.17) is 4.42 Å². The average molecular weight is 412 g/mol. The average Bonchev–Trinajstić information content (AvgIpc) is 3.03. The molecule has 1 heterocycles. The van der Waals surface area contributed by atoms with E-state index in [1.807, 2.05) is 12.1 Å². The van der Waals surface area contributed by atoms with Crippen LogP contribution < -0.4 is 9.83 Å². The van der Waals surface area contributed by atoms with Crippen LogP contribution in [0.5, 0.6) is 0 Å². The number of sulfonamides is 1. The maximum atomic E-state index is 12.8. The predicted octanol–water partition coefficient (Wildman–Crippen LogP) is 3.95. The van der Waals surface area contributed by atoms with Gasteiger partial charge in [0.15, 0.2) is 0 Å². The number of nitrogens with one attached hydrogen (secondary N) is 1. The third-order valence-corrected chi connectivity index (χ3v) is 6.98. The van der Waals surface area contributed by atoms with Crippen LogP contribution >= 0.6 is 0 Å². The number of carboxylic acids is 1. The Bertz CT molecular complexity index is 1160. The molecule has 4 rings (SSSR count). The van der Waals surface area contributed by atoms with E-state index in [0.29, 0.717) is 16.9 Å². The first kappa shape index (κ1) is 19.5. The number of carbonyl (C=O) groups excluding carboxylic acids is 1. The number of furan rings is 1. The zero-order valence-electron chi connectivity index (χ0n) is 16.1. The summed E-state index contributed by atoms with van der Waals surface area (Å²) in [6.07, 6.45) is 6.00. The highest BCUT2D eigenvalue weighted by molar-refractivity contribution is 7.92. The molecule has 1 fully saturated rings. The fourth-order valence-electron chi connectivity index (χ4n) is 4.11. The van der Waals surface area contributed by atoms with Gasteiger partial charge in [0.1, 0.15) is 11.3 Å². The summed E-state index contributed by atoms with van der Waals surface area (Å²) in [7, 11) is -3.80. The SMILES string of the molecule is Cc1oc2ccc(NS(=O)(=O)c3ccc(C4CCCCC4)cc3)cc2c1C(=O)[O-]. The number of fused-ring (bicyclic) bond motifs is 1. The number of anilines is 1. The summed E-state index contributed by atoms with van der Waals surface area (Å²) in [5.41, 5.74) is 1.73. The zero-order valence-corrected chi connectivity index (χ0v) is 16.9. The van der Waals surface area contributed by atoms with Crippen LogP contribution in [0.3, 0.4) is 0 Å². The Morgan fingerprint density at radius 1 is 1.07 bits per heavy atom. The molecule has 1 aromatic heterocycles. The molecule has 0 unspecified atom stereocenters. The standard InChI is InChI=1S/C22H23NO5S/c1-14-21(22(24)25)19-13-17(9-12-20(19)28-14)23-29(26,27)18-10-7-16(8-11-18)15-5-3-2-4-6-15/h7-13,15,23H,2-6H2,1H3,(H,24,25)/p-1. The number of carbonyl (C=O) groups is 1. The summed E-state index contributed by atoms with van der Waals surface area (Å²) in [5, 5.41) is 11.7. The molecule has 0 spiro atoms. The van der Waals surface area contributed by atoms with Gasteiger partial charge in [0.2, 0.25) is 0 Å². The van der Waals surface area contributed by atoms with Crippen molar-refractivity contribution in [2.24, 2.45) is 0 Å². The molecule has 29 heavy (non-hydrogen) atoms. The second-order valence-electron chi connectivity index (χ2n) is 7.54. The molecule has 1 N–H and O–H groups in total. The molecule has 3 aromatic rings. The summed E-state index contributed by atoms with van der Waals surface area (Å²) in [4.78, 5) is 11.5. The van der Waals surface area contributed by atoms with E-state index >= 15 is 0 Å². The monoisotopic (exact) mass is 412 g/mol. The summed E-state index contributed by atoms with van der Waals surface area (Å²) in [6.45, 7) is 1.53. The van der Waals surface area contributed by atoms with Crippen molar-refractivity contribution in [2.75, 3.05) is 4.72 Å². The Kier molecular flexibility index (Phi) is 5.08. The number of hydrogen-bond acceptors (Lipinski definition) is 5. The first-order valence-electron chi connectivity index (χ1n) is 9.72. The maximum Gasteiger partial charge on any atom is 0.261 e. The lowest BCUT2D eigenvalue weighted by molar-refractivity contribution is -0.254. The van der Waals surface area contributed by atoms with Crippen molar-refractivity contribution in [1.29, 1.82) is 0 Å². The Balaban J connectivity index is 1.59. The molecule has 0 saturated heterocycles. The van der Waals surface area contributed by atoms with Gasteiger partial charge in [-0.3, -0.25) is 4.72 Å². The van der Waals surface area contributed by atoms with E-state index in [0.717, 1.165) is 12.8 Å². The number of aromatic carboxylic acids is 1.